The molecule has 0 radical (unpaired) electrons. The summed E-state index contributed by atoms with van der Waals surface area (Å²) in [7, 11) is 0. The monoisotopic (exact) mass is 276 g/mol. The second-order valence-electron chi connectivity index (χ2n) is 4.87. The van der Waals surface area contributed by atoms with Crippen molar-refractivity contribution in [3.05, 3.63) is 39.2 Å². The van der Waals surface area contributed by atoms with E-state index in [-0.39, 0.29) is 0 Å². The topological polar surface area (TPSA) is 76.7 Å². The molecule has 1 aromatic carbocycles. The van der Waals surface area contributed by atoms with Crippen LogP contribution in [0, 0.1) is 20.8 Å². The molecule has 0 aliphatic carbocycles. The quantitative estimate of drug-likeness (QED) is 0.872. The summed E-state index contributed by atoms with van der Waals surface area (Å²) in [6.07, 6.45) is -0.980. The van der Waals surface area contributed by atoms with Crippen LogP contribution in [0.3, 0.4) is 0 Å². The normalized spacial score (nSPS) is 12.4. The zero-order valence-electron chi connectivity index (χ0n) is 11.8. The van der Waals surface area contributed by atoms with Gasteiger partial charge >= 0.3 is 11.6 Å². The Morgan fingerprint density at radius 1 is 1.25 bits per heavy atom. The van der Waals surface area contributed by atoms with Crippen LogP contribution in [0.2, 0.25) is 0 Å². The fraction of sp³-hybridized carbons (Fsp3) is 0.333. The van der Waals surface area contributed by atoms with E-state index in [1.54, 1.807) is 26.0 Å². The highest BCUT2D eigenvalue weighted by Gasteiger charge is 2.18. The van der Waals surface area contributed by atoms with E-state index in [4.69, 9.17) is 14.3 Å². The van der Waals surface area contributed by atoms with Gasteiger partial charge in [-0.2, -0.15) is 0 Å². The molecule has 0 saturated heterocycles. The van der Waals surface area contributed by atoms with Crippen LogP contribution < -0.4 is 10.4 Å². The number of ether oxygens (including phenoxy) is 1. The number of benzene rings is 1. The molecule has 1 N–H and O–H groups in total. The summed E-state index contributed by atoms with van der Waals surface area (Å²) in [5.41, 5.74) is 2.08. The zero-order valence-corrected chi connectivity index (χ0v) is 11.8. The molecule has 1 unspecified atom stereocenters. The SMILES string of the molecule is Cc1cc(OC(C)C(=O)O)c2c(C)c(C)c(=O)oc2c1. The molecule has 5 heteroatoms. The van der Waals surface area contributed by atoms with E-state index in [0.29, 0.717) is 22.3 Å². The van der Waals surface area contributed by atoms with Crippen LogP contribution in [0.25, 0.3) is 11.0 Å². The van der Waals surface area contributed by atoms with E-state index >= 15 is 0 Å². The predicted octanol–water partition coefficient (Wildman–Crippen LogP) is 2.57. The summed E-state index contributed by atoms with van der Waals surface area (Å²) in [5.74, 6) is -0.634. The Balaban J connectivity index is 2.73. The molecule has 2 rings (SSSR count). The number of carboxylic acid groups (broad SMARTS) is 1. The lowest BCUT2D eigenvalue weighted by Crippen LogP contribution is -2.23. The number of aryl methyl sites for hydroxylation is 2. The van der Waals surface area contributed by atoms with Crippen LogP contribution in [-0.4, -0.2) is 17.2 Å². The molecule has 0 bridgehead atoms. The van der Waals surface area contributed by atoms with Crippen molar-refractivity contribution >= 4 is 16.9 Å². The first-order valence-electron chi connectivity index (χ1n) is 6.25. The van der Waals surface area contributed by atoms with Gasteiger partial charge in [0.05, 0.1) is 5.39 Å². The van der Waals surface area contributed by atoms with Crippen LogP contribution in [-0.2, 0) is 4.79 Å². The summed E-state index contributed by atoms with van der Waals surface area (Å²) < 4.78 is 10.7. The highest BCUT2D eigenvalue weighted by Crippen LogP contribution is 2.31. The van der Waals surface area contributed by atoms with Crippen molar-refractivity contribution in [2.75, 3.05) is 0 Å². The third kappa shape index (κ3) is 2.39. The van der Waals surface area contributed by atoms with Gasteiger partial charge in [0.25, 0.3) is 0 Å². The summed E-state index contributed by atoms with van der Waals surface area (Å²) >= 11 is 0. The Labute approximate surface area is 115 Å². The minimum Gasteiger partial charge on any atom is -0.479 e. The van der Waals surface area contributed by atoms with Crippen LogP contribution >= 0.6 is 0 Å². The number of hydrogen-bond donors (Lipinski definition) is 1. The van der Waals surface area contributed by atoms with Gasteiger partial charge in [0.1, 0.15) is 11.3 Å². The standard InChI is InChI=1S/C15H16O5/c1-7-5-11(19-10(4)14(16)17)13-8(2)9(3)15(18)20-12(13)6-7/h5-6,10H,1-4H3,(H,16,17). The summed E-state index contributed by atoms with van der Waals surface area (Å²) in [5, 5.41) is 9.59. The maximum absolute atomic E-state index is 11.7. The molecule has 20 heavy (non-hydrogen) atoms. The Hall–Kier alpha value is -2.30. The number of carbonyl (C=O) groups is 1. The van der Waals surface area contributed by atoms with Crippen molar-refractivity contribution in [1.29, 1.82) is 0 Å². The fourth-order valence-corrected chi connectivity index (χ4v) is 2.02. The van der Waals surface area contributed by atoms with Gasteiger partial charge in [-0.3, -0.25) is 0 Å². The molecule has 2 aromatic rings. The van der Waals surface area contributed by atoms with Gasteiger partial charge < -0.3 is 14.3 Å². The third-order valence-corrected chi connectivity index (χ3v) is 3.31. The van der Waals surface area contributed by atoms with Crippen LogP contribution in [0.4, 0.5) is 0 Å². The van der Waals surface area contributed by atoms with Crippen LogP contribution in [0.1, 0.15) is 23.6 Å². The first-order valence-corrected chi connectivity index (χ1v) is 6.25. The van der Waals surface area contributed by atoms with E-state index < -0.39 is 17.7 Å². The Morgan fingerprint density at radius 3 is 2.50 bits per heavy atom. The molecular formula is C15H16O5. The van der Waals surface area contributed by atoms with Gasteiger partial charge in [-0.1, -0.05) is 0 Å². The van der Waals surface area contributed by atoms with Crippen molar-refractivity contribution in [3.63, 3.8) is 0 Å². The van der Waals surface area contributed by atoms with Crippen molar-refractivity contribution in [2.24, 2.45) is 0 Å². The van der Waals surface area contributed by atoms with E-state index in [0.717, 1.165) is 11.1 Å². The highest BCUT2D eigenvalue weighted by atomic mass is 16.5. The Morgan fingerprint density at radius 2 is 1.90 bits per heavy atom. The van der Waals surface area contributed by atoms with Crippen LogP contribution in [0.15, 0.2) is 21.3 Å². The second-order valence-corrected chi connectivity index (χ2v) is 4.87. The number of rotatable bonds is 3. The van der Waals surface area contributed by atoms with Crippen LogP contribution in [0.5, 0.6) is 5.75 Å². The fourth-order valence-electron chi connectivity index (χ4n) is 2.02. The van der Waals surface area contributed by atoms with Crippen molar-refractivity contribution in [1.82, 2.24) is 0 Å². The molecule has 0 saturated carbocycles. The lowest BCUT2D eigenvalue weighted by atomic mass is 10.0. The van der Waals surface area contributed by atoms with Gasteiger partial charge in [-0.15, -0.1) is 0 Å². The van der Waals surface area contributed by atoms with Gasteiger partial charge in [-0.25, -0.2) is 9.59 Å². The minimum absolute atomic E-state index is 0.391. The average molecular weight is 276 g/mol. The van der Waals surface area contributed by atoms with Crippen molar-refractivity contribution in [2.45, 2.75) is 33.8 Å². The van der Waals surface area contributed by atoms with Gasteiger partial charge in [0.2, 0.25) is 0 Å². The summed E-state index contributed by atoms with van der Waals surface area (Å²) in [4.78, 5) is 22.6. The average Bonchev–Trinajstić information content (AvgIpc) is 2.35. The molecule has 106 valence electrons. The first kappa shape index (κ1) is 14.1. The van der Waals surface area contributed by atoms with Crippen molar-refractivity contribution in [3.8, 4) is 5.75 Å². The predicted molar refractivity (Wildman–Crippen MR) is 74.4 cm³/mol. The van der Waals surface area contributed by atoms with Crippen molar-refractivity contribution < 1.29 is 19.1 Å². The first-order chi connectivity index (χ1) is 9.31. The summed E-state index contributed by atoms with van der Waals surface area (Å²) in [6, 6.07) is 3.48. The van der Waals surface area contributed by atoms with Gasteiger partial charge in [0, 0.05) is 5.56 Å². The highest BCUT2D eigenvalue weighted by molar-refractivity contribution is 5.88. The zero-order chi connectivity index (χ0) is 15.0. The lowest BCUT2D eigenvalue weighted by Gasteiger charge is -2.15. The van der Waals surface area contributed by atoms with Gasteiger partial charge in [-0.05, 0) is 51.0 Å². The molecule has 0 fully saturated rings. The molecule has 5 nitrogen and oxygen atoms in total. The Kier molecular flexibility index (Phi) is 3.53. The Bertz CT molecular complexity index is 742. The van der Waals surface area contributed by atoms with E-state index in [1.807, 2.05) is 6.92 Å². The summed E-state index contributed by atoms with van der Waals surface area (Å²) in [6.45, 7) is 6.75. The molecule has 1 atom stereocenters. The molecular weight excluding hydrogens is 260 g/mol. The third-order valence-electron chi connectivity index (χ3n) is 3.31. The number of fused-ring (bicyclic) bond motifs is 1. The minimum atomic E-state index is -1.05. The molecule has 1 aromatic heterocycles. The van der Waals surface area contributed by atoms with E-state index in [1.165, 1.54) is 6.92 Å². The largest absolute Gasteiger partial charge is 0.479 e. The molecule has 1 heterocycles. The maximum Gasteiger partial charge on any atom is 0.344 e. The van der Waals surface area contributed by atoms with E-state index in [9.17, 15) is 9.59 Å². The lowest BCUT2D eigenvalue weighted by molar-refractivity contribution is -0.144. The molecule has 0 aliphatic heterocycles. The molecule has 0 amide bonds. The number of hydrogen-bond acceptors (Lipinski definition) is 4. The number of carboxylic acids is 1. The second kappa shape index (κ2) is 5.00. The molecule has 0 aliphatic rings. The smallest absolute Gasteiger partial charge is 0.344 e. The maximum atomic E-state index is 11.7. The number of aliphatic carboxylic acids is 1. The van der Waals surface area contributed by atoms with Gasteiger partial charge in [0.15, 0.2) is 6.10 Å². The molecule has 0 spiro atoms. The van der Waals surface area contributed by atoms with E-state index in [2.05, 4.69) is 0 Å².